The average Bonchev–Trinajstić information content (AvgIpc) is 3.08. The summed E-state index contributed by atoms with van der Waals surface area (Å²) in [6, 6.07) is 4.69. The normalized spacial score (nSPS) is 18.1. The van der Waals surface area contributed by atoms with Gasteiger partial charge < -0.3 is 5.32 Å². The molecule has 0 bridgehead atoms. The number of rotatable bonds is 3. The van der Waals surface area contributed by atoms with Gasteiger partial charge in [0.05, 0.1) is 17.2 Å². The molecule has 1 fully saturated rings. The Morgan fingerprint density at radius 3 is 1.96 bits per heavy atom. The fourth-order valence-electron chi connectivity index (χ4n) is 3.08. The van der Waals surface area contributed by atoms with Gasteiger partial charge in [0, 0.05) is 31.1 Å². The summed E-state index contributed by atoms with van der Waals surface area (Å²) in [4.78, 5) is 2.64. The summed E-state index contributed by atoms with van der Waals surface area (Å²) in [6.07, 6.45) is -9.70. The van der Waals surface area contributed by atoms with Gasteiger partial charge >= 0.3 is 12.4 Å². The van der Waals surface area contributed by atoms with Crippen LogP contribution in [0.3, 0.4) is 0 Å². The molecule has 142 valence electrons. The molecule has 26 heavy (non-hydrogen) atoms. The van der Waals surface area contributed by atoms with Crippen molar-refractivity contribution >= 4 is 11.3 Å². The zero-order chi connectivity index (χ0) is 18.9. The Morgan fingerprint density at radius 2 is 1.50 bits per heavy atom. The molecule has 0 saturated carbocycles. The summed E-state index contributed by atoms with van der Waals surface area (Å²) in [7, 11) is 0. The number of nitrogens with one attached hydrogen (secondary N) is 1. The summed E-state index contributed by atoms with van der Waals surface area (Å²) in [6.45, 7) is 2.35. The second-order valence-corrected chi connectivity index (χ2v) is 7.02. The molecule has 0 spiro atoms. The van der Waals surface area contributed by atoms with Gasteiger partial charge in [0.1, 0.15) is 0 Å². The van der Waals surface area contributed by atoms with E-state index in [-0.39, 0.29) is 11.6 Å². The first-order valence-electron chi connectivity index (χ1n) is 7.94. The van der Waals surface area contributed by atoms with Crippen molar-refractivity contribution in [3.05, 3.63) is 57.3 Å². The molecule has 0 radical (unpaired) electrons. The maximum absolute atomic E-state index is 13.2. The predicted molar refractivity (Wildman–Crippen MR) is 87.1 cm³/mol. The van der Waals surface area contributed by atoms with Crippen LogP contribution in [-0.4, -0.2) is 31.1 Å². The first-order chi connectivity index (χ1) is 12.2. The minimum Gasteiger partial charge on any atom is -0.314 e. The van der Waals surface area contributed by atoms with Crippen LogP contribution in [-0.2, 0) is 12.4 Å². The minimum atomic E-state index is -4.85. The van der Waals surface area contributed by atoms with Crippen molar-refractivity contribution in [2.45, 2.75) is 18.4 Å². The summed E-state index contributed by atoms with van der Waals surface area (Å²) in [5.41, 5.74) is -2.55. The number of halogens is 6. The van der Waals surface area contributed by atoms with Crippen LogP contribution in [0.5, 0.6) is 0 Å². The lowest BCUT2D eigenvalue weighted by Gasteiger charge is -2.35. The van der Waals surface area contributed by atoms with Crippen LogP contribution in [0.2, 0.25) is 0 Å². The summed E-state index contributed by atoms with van der Waals surface area (Å²) in [5, 5.41) is 4.91. The zero-order valence-corrected chi connectivity index (χ0v) is 14.3. The molecule has 9 heteroatoms. The SMILES string of the molecule is FC(F)(F)c1cc([C@@H](c2cccs2)N2CCNCC2)cc(C(F)(F)F)c1. The fourth-order valence-corrected chi connectivity index (χ4v) is 3.96. The highest BCUT2D eigenvalue weighted by atomic mass is 32.1. The zero-order valence-electron chi connectivity index (χ0n) is 13.5. The van der Waals surface area contributed by atoms with Crippen LogP contribution in [0.25, 0.3) is 0 Å². The Morgan fingerprint density at radius 1 is 0.923 bits per heavy atom. The molecule has 1 atom stereocenters. The van der Waals surface area contributed by atoms with Crippen molar-refractivity contribution in [1.29, 1.82) is 0 Å². The van der Waals surface area contributed by atoms with E-state index in [9.17, 15) is 26.3 Å². The molecule has 1 aromatic carbocycles. The van der Waals surface area contributed by atoms with Gasteiger partial charge in [0.2, 0.25) is 0 Å². The highest BCUT2D eigenvalue weighted by Gasteiger charge is 2.38. The monoisotopic (exact) mass is 394 g/mol. The second-order valence-electron chi connectivity index (χ2n) is 6.04. The van der Waals surface area contributed by atoms with Gasteiger partial charge in [0.15, 0.2) is 0 Å². The Kier molecular flexibility index (Phi) is 5.32. The fraction of sp³-hybridized carbons (Fsp3) is 0.412. The highest BCUT2D eigenvalue weighted by Crippen LogP contribution is 2.40. The van der Waals surface area contributed by atoms with Gasteiger partial charge in [0.25, 0.3) is 0 Å². The van der Waals surface area contributed by atoms with Crippen LogP contribution in [0.15, 0.2) is 35.7 Å². The molecule has 2 nitrogen and oxygen atoms in total. The van der Waals surface area contributed by atoms with E-state index in [1.807, 2.05) is 4.90 Å². The molecule has 0 unspecified atom stereocenters. The molecule has 1 aromatic heterocycles. The number of piperazine rings is 1. The Bertz CT molecular complexity index is 700. The lowest BCUT2D eigenvalue weighted by Crippen LogP contribution is -2.45. The number of nitrogens with zero attached hydrogens (tertiary/aromatic N) is 1. The molecule has 2 heterocycles. The lowest BCUT2D eigenvalue weighted by atomic mass is 9.97. The lowest BCUT2D eigenvalue weighted by molar-refractivity contribution is -0.143. The quantitative estimate of drug-likeness (QED) is 0.754. The van der Waals surface area contributed by atoms with Crippen molar-refractivity contribution in [3.63, 3.8) is 0 Å². The Labute approximate surface area is 150 Å². The number of alkyl halides is 6. The van der Waals surface area contributed by atoms with Gasteiger partial charge in [-0.25, -0.2) is 0 Å². The molecular formula is C17H16F6N2S. The Hall–Kier alpha value is -1.58. The van der Waals surface area contributed by atoms with E-state index in [1.54, 1.807) is 17.5 Å². The van der Waals surface area contributed by atoms with E-state index in [2.05, 4.69) is 5.32 Å². The number of hydrogen-bond acceptors (Lipinski definition) is 3. The van der Waals surface area contributed by atoms with Crippen LogP contribution in [0, 0.1) is 0 Å². The molecule has 3 rings (SSSR count). The van der Waals surface area contributed by atoms with E-state index in [4.69, 9.17) is 0 Å². The first-order valence-corrected chi connectivity index (χ1v) is 8.82. The molecule has 2 aromatic rings. The van der Waals surface area contributed by atoms with E-state index in [0.717, 1.165) is 17.0 Å². The smallest absolute Gasteiger partial charge is 0.314 e. The van der Waals surface area contributed by atoms with Gasteiger partial charge in [-0.2, -0.15) is 26.3 Å². The summed E-state index contributed by atoms with van der Waals surface area (Å²) >= 11 is 1.32. The minimum absolute atomic E-state index is 0.0106. The standard InChI is InChI=1S/C17H16F6N2S/c18-16(19,20)12-8-11(9-13(10-12)17(21,22)23)15(14-2-1-7-26-14)25-5-3-24-4-6-25/h1-2,7-10,15,24H,3-6H2/t15-/m0/s1. The van der Waals surface area contributed by atoms with E-state index in [0.29, 0.717) is 26.2 Å². The number of thiophene rings is 1. The number of benzene rings is 1. The molecule has 1 saturated heterocycles. The van der Waals surface area contributed by atoms with Crippen LogP contribution >= 0.6 is 11.3 Å². The maximum Gasteiger partial charge on any atom is 0.416 e. The third-order valence-electron chi connectivity index (χ3n) is 4.26. The summed E-state index contributed by atoms with van der Waals surface area (Å²) < 4.78 is 79.2. The van der Waals surface area contributed by atoms with Gasteiger partial charge in [-0.05, 0) is 35.2 Å². The highest BCUT2D eigenvalue weighted by molar-refractivity contribution is 7.10. The molecule has 0 aliphatic carbocycles. The van der Waals surface area contributed by atoms with Crippen LogP contribution in [0.4, 0.5) is 26.3 Å². The third kappa shape index (κ3) is 4.21. The van der Waals surface area contributed by atoms with Crippen molar-refractivity contribution in [1.82, 2.24) is 10.2 Å². The van der Waals surface area contributed by atoms with Gasteiger partial charge in [-0.15, -0.1) is 11.3 Å². The largest absolute Gasteiger partial charge is 0.416 e. The molecular weight excluding hydrogens is 378 g/mol. The Balaban J connectivity index is 2.13. The van der Waals surface area contributed by atoms with Crippen molar-refractivity contribution in [2.24, 2.45) is 0 Å². The van der Waals surface area contributed by atoms with Crippen molar-refractivity contribution in [2.75, 3.05) is 26.2 Å². The predicted octanol–water partition coefficient (Wildman–Crippen LogP) is 4.78. The third-order valence-corrected chi connectivity index (χ3v) is 5.18. The molecule has 1 aliphatic rings. The molecule has 1 aliphatic heterocycles. The average molecular weight is 394 g/mol. The molecule has 1 N–H and O–H groups in total. The molecule has 0 amide bonds. The van der Waals surface area contributed by atoms with Crippen LogP contribution < -0.4 is 5.32 Å². The topological polar surface area (TPSA) is 15.3 Å². The summed E-state index contributed by atoms with van der Waals surface area (Å²) in [5.74, 6) is 0. The maximum atomic E-state index is 13.2. The van der Waals surface area contributed by atoms with Gasteiger partial charge in [-0.3, -0.25) is 4.90 Å². The number of hydrogen-bond donors (Lipinski definition) is 1. The van der Waals surface area contributed by atoms with E-state index in [1.165, 1.54) is 11.3 Å². The van der Waals surface area contributed by atoms with Crippen molar-refractivity contribution < 1.29 is 26.3 Å². The van der Waals surface area contributed by atoms with Gasteiger partial charge in [-0.1, -0.05) is 6.07 Å². The van der Waals surface area contributed by atoms with Crippen molar-refractivity contribution in [3.8, 4) is 0 Å². The first kappa shape index (κ1) is 19.2. The van der Waals surface area contributed by atoms with Crippen LogP contribution in [0.1, 0.15) is 27.6 Å². The van der Waals surface area contributed by atoms with E-state index >= 15 is 0 Å². The van der Waals surface area contributed by atoms with E-state index < -0.39 is 29.5 Å². The second kappa shape index (κ2) is 7.21.